The quantitative estimate of drug-likeness (QED) is 0.205. The number of Topliss-reactive ketones (excluding diaryl/α,β-unsaturated/α-hetero) is 1. The largest absolute Gasteiger partial charge is 0.365 e. The minimum atomic E-state index is -0.282. The van der Waals surface area contributed by atoms with E-state index in [1.807, 2.05) is 37.3 Å². The molecular formula is C36H30ClNO3. The van der Waals surface area contributed by atoms with Gasteiger partial charge in [-0.1, -0.05) is 60.1 Å². The van der Waals surface area contributed by atoms with E-state index in [0.29, 0.717) is 34.9 Å². The molecule has 0 aliphatic heterocycles. The van der Waals surface area contributed by atoms with Gasteiger partial charge in [-0.3, -0.25) is 9.59 Å². The number of aryl methyl sites for hydroxylation is 1. The van der Waals surface area contributed by atoms with Crippen molar-refractivity contribution in [2.75, 3.05) is 11.9 Å². The summed E-state index contributed by atoms with van der Waals surface area (Å²) >= 11 is 6.58. The maximum atomic E-state index is 13.8. The number of ketones is 1. The van der Waals surface area contributed by atoms with Crippen molar-refractivity contribution in [3.8, 4) is 0 Å². The number of hydrogen-bond acceptors (Lipinski definition) is 3. The molecule has 4 nitrogen and oxygen atoms in total. The van der Waals surface area contributed by atoms with Crippen molar-refractivity contribution in [2.45, 2.75) is 32.3 Å². The van der Waals surface area contributed by atoms with Crippen LogP contribution in [0.4, 0.5) is 5.69 Å². The summed E-state index contributed by atoms with van der Waals surface area (Å²) in [6.07, 6.45) is 6.02. The van der Waals surface area contributed by atoms with Crippen molar-refractivity contribution in [1.29, 1.82) is 0 Å². The molecular weight excluding hydrogens is 530 g/mol. The molecule has 2 aliphatic rings. The number of nitrogens with one attached hydrogen (secondary N) is 1. The third-order valence-electron chi connectivity index (χ3n) is 7.94. The molecule has 41 heavy (non-hydrogen) atoms. The second-order valence-electron chi connectivity index (χ2n) is 10.5. The average Bonchev–Trinajstić information content (AvgIpc) is 2.99. The molecule has 6 rings (SSSR count). The summed E-state index contributed by atoms with van der Waals surface area (Å²) in [4.78, 5) is 26.6. The van der Waals surface area contributed by atoms with Crippen molar-refractivity contribution < 1.29 is 14.3 Å². The Bertz CT molecular complexity index is 1930. The van der Waals surface area contributed by atoms with Gasteiger partial charge in [0, 0.05) is 27.4 Å². The summed E-state index contributed by atoms with van der Waals surface area (Å²) in [5, 5.41) is 7.77. The number of fused-ring (bicyclic) bond motifs is 4. The zero-order valence-electron chi connectivity index (χ0n) is 22.9. The van der Waals surface area contributed by atoms with Crippen molar-refractivity contribution in [3.05, 3.63) is 145 Å². The van der Waals surface area contributed by atoms with E-state index in [-0.39, 0.29) is 17.8 Å². The molecule has 1 atom stereocenters. The molecule has 0 aromatic heterocycles. The molecule has 4 aromatic carbocycles. The molecule has 0 radical (unpaired) electrons. The summed E-state index contributed by atoms with van der Waals surface area (Å²) in [6, 6.07) is 24.8. The van der Waals surface area contributed by atoms with Gasteiger partial charge in [-0.25, -0.2) is 0 Å². The second-order valence-corrected chi connectivity index (χ2v) is 10.9. The maximum Gasteiger partial charge on any atom is 0.255 e. The summed E-state index contributed by atoms with van der Waals surface area (Å²) < 4.78 is 6.24. The SMILES string of the molecule is C=CCOC1C=c2c(Cl)cccc2=c2ccc3c(c21)CCCC=3C(=O)c1ccc(NC(=O)c2ccccc2C)cc1. The highest BCUT2D eigenvalue weighted by atomic mass is 35.5. The summed E-state index contributed by atoms with van der Waals surface area (Å²) in [6.45, 7) is 6.14. The van der Waals surface area contributed by atoms with E-state index in [1.165, 1.54) is 0 Å². The molecule has 0 heterocycles. The van der Waals surface area contributed by atoms with Crippen LogP contribution in [-0.2, 0) is 11.2 Å². The number of halogens is 1. The van der Waals surface area contributed by atoms with E-state index in [1.54, 1.807) is 36.4 Å². The fourth-order valence-electron chi connectivity index (χ4n) is 5.97. The van der Waals surface area contributed by atoms with Crippen LogP contribution in [0.3, 0.4) is 0 Å². The Hall–Kier alpha value is -4.25. The highest BCUT2D eigenvalue weighted by Crippen LogP contribution is 2.30. The van der Waals surface area contributed by atoms with Gasteiger partial charge in [-0.15, -0.1) is 6.58 Å². The first-order valence-corrected chi connectivity index (χ1v) is 14.2. The fraction of sp³-hybridized carbons (Fsp3) is 0.167. The van der Waals surface area contributed by atoms with Crippen LogP contribution in [0.5, 0.6) is 0 Å². The Balaban J connectivity index is 1.39. The third kappa shape index (κ3) is 5.06. The van der Waals surface area contributed by atoms with E-state index in [2.05, 4.69) is 36.2 Å². The highest BCUT2D eigenvalue weighted by Gasteiger charge is 2.25. The molecule has 0 saturated heterocycles. The fourth-order valence-corrected chi connectivity index (χ4v) is 6.21. The number of benzene rings is 4. The molecule has 2 aliphatic carbocycles. The predicted molar refractivity (Wildman–Crippen MR) is 164 cm³/mol. The van der Waals surface area contributed by atoms with Crippen LogP contribution in [0.15, 0.2) is 91.5 Å². The number of rotatable bonds is 7. The van der Waals surface area contributed by atoms with E-state index < -0.39 is 0 Å². The van der Waals surface area contributed by atoms with E-state index in [4.69, 9.17) is 16.3 Å². The third-order valence-corrected chi connectivity index (χ3v) is 8.27. The van der Waals surface area contributed by atoms with Crippen molar-refractivity contribution in [1.82, 2.24) is 0 Å². The Kier molecular flexibility index (Phi) is 7.44. The Morgan fingerprint density at radius 1 is 0.951 bits per heavy atom. The molecule has 0 saturated carbocycles. The van der Waals surface area contributed by atoms with Crippen LogP contribution < -0.4 is 15.8 Å². The Morgan fingerprint density at radius 2 is 1.73 bits per heavy atom. The van der Waals surface area contributed by atoms with Crippen LogP contribution in [-0.4, -0.2) is 18.3 Å². The van der Waals surface area contributed by atoms with Gasteiger partial charge in [0.1, 0.15) is 6.10 Å². The highest BCUT2D eigenvalue weighted by molar-refractivity contribution is 6.30. The minimum absolute atomic E-state index is 0.00877. The minimum Gasteiger partial charge on any atom is -0.365 e. The Labute approximate surface area is 244 Å². The van der Waals surface area contributed by atoms with Crippen LogP contribution >= 0.6 is 11.6 Å². The molecule has 1 N–H and O–H groups in total. The lowest BCUT2D eigenvalue weighted by molar-refractivity contribution is 0.102. The van der Waals surface area contributed by atoms with Gasteiger partial charge >= 0.3 is 0 Å². The van der Waals surface area contributed by atoms with Gasteiger partial charge in [0.25, 0.3) is 5.91 Å². The first kappa shape index (κ1) is 26.9. The van der Waals surface area contributed by atoms with Gasteiger partial charge < -0.3 is 10.1 Å². The predicted octanol–water partition coefficient (Wildman–Crippen LogP) is 6.60. The number of amides is 1. The number of carbonyl (C=O) groups is 2. The number of carbonyl (C=O) groups excluding carboxylic acids is 2. The van der Waals surface area contributed by atoms with Crippen molar-refractivity contribution >= 4 is 40.6 Å². The number of ether oxygens (including phenoxy) is 1. The second kappa shape index (κ2) is 11.3. The van der Waals surface area contributed by atoms with E-state index in [9.17, 15) is 9.59 Å². The first-order chi connectivity index (χ1) is 20.0. The van der Waals surface area contributed by atoms with Crippen molar-refractivity contribution in [3.63, 3.8) is 0 Å². The molecule has 0 bridgehead atoms. The number of anilines is 1. The standard InChI is InChI=1S/C36H30ClNO3/c1-3-20-41-33-21-31-26(10-7-13-32(31)37)29-19-18-27-28(34(29)33)11-6-12-30(27)35(39)23-14-16-24(17-15-23)38-36(40)25-9-5-4-8-22(25)2/h3-5,7-10,13-19,21,33H,1,6,11-12,20H2,2H3,(H,38,40). The molecule has 1 amide bonds. The molecule has 0 fully saturated rings. The van der Waals surface area contributed by atoms with Gasteiger partial charge in [0.05, 0.1) is 6.61 Å². The molecule has 204 valence electrons. The Morgan fingerprint density at radius 3 is 2.51 bits per heavy atom. The topological polar surface area (TPSA) is 55.4 Å². The molecule has 4 aromatic rings. The van der Waals surface area contributed by atoms with Crippen LogP contribution in [0.1, 0.15) is 56.4 Å². The average molecular weight is 560 g/mol. The smallest absolute Gasteiger partial charge is 0.255 e. The van der Waals surface area contributed by atoms with Gasteiger partial charge in [0.15, 0.2) is 5.78 Å². The maximum absolute atomic E-state index is 13.8. The van der Waals surface area contributed by atoms with Gasteiger partial charge in [-0.05, 0) is 106 Å². The summed E-state index contributed by atoms with van der Waals surface area (Å²) in [7, 11) is 0. The monoisotopic (exact) mass is 559 g/mol. The summed E-state index contributed by atoms with van der Waals surface area (Å²) in [5.74, 6) is -0.162. The van der Waals surface area contributed by atoms with Crippen LogP contribution in [0.2, 0.25) is 5.02 Å². The normalized spacial score (nSPS) is 15.2. The molecule has 0 spiro atoms. The zero-order chi connectivity index (χ0) is 28.5. The lowest BCUT2D eigenvalue weighted by Gasteiger charge is -2.25. The van der Waals surface area contributed by atoms with Crippen molar-refractivity contribution in [2.24, 2.45) is 0 Å². The molecule has 1 unspecified atom stereocenters. The van der Waals surface area contributed by atoms with Crippen LogP contribution in [0.25, 0.3) is 11.6 Å². The van der Waals surface area contributed by atoms with Crippen LogP contribution in [0, 0.1) is 17.4 Å². The lowest BCUT2D eigenvalue weighted by atomic mass is 9.83. The summed E-state index contributed by atoms with van der Waals surface area (Å²) in [5.41, 5.74) is 5.87. The van der Waals surface area contributed by atoms with Gasteiger partial charge in [0.2, 0.25) is 0 Å². The first-order valence-electron chi connectivity index (χ1n) is 13.9. The lowest BCUT2D eigenvalue weighted by Crippen LogP contribution is -2.28. The van der Waals surface area contributed by atoms with E-state index >= 15 is 0 Å². The van der Waals surface area contributed by atoms with Gasteiger partial charge in [-0.2, -0.15) is 0 Å². The van der Waals surface area contributed by atoms with E-state index in [0.717, 1.165) is 56.0 Å². The zero-order valence-corrected chi connectivity index (χ0v) is 23.6. The molecule has 5 heteroatoms. The number of hydrogen-bond donors (Lipinski definition) is 1.